The molecule has 1 aliphatic rings. The van der Waals surface area contributed by atoms with E-state index >= 15 is 0 Å². The average molecular weight is 191 g/mol. The van der Waals surface area contributed by atoms with Gasteiger partial charge in [-0.2, -0.15) is 0 Å². The van der Waals surface area contributed by atoms with Crippen LogP contribution < -0.4 is 11.3 Å². The quantitative estimate of drug-likeness (QED) is 0.564. The van der Waals surface area contributed by atoms with E-state index in [2.05, 4.69) is 22.5 Å². The van der Waals surface area contributed by atoms with E-state index in [1.54, 1.807) is 0 Å². The van der Waals surface area contributed by atoms with Gasteiger partial charge in [-0.05, 0) is 43.4 Å². The minimum Gasteiger partial charge on any atom is -0.271 e. The number of hydrogen-bond donors (Lipinski definition) is 2. The first-order valence-electron chi connectivity index (χ1n) is 5.20. The van der Waals surface area contributed by atoms with Gasteiger partial charge in [-0.25, -0.2) is 0 Å². The molecule has 3 heteroatoms. The van der Waals surface area contributed by atoms with Gasteiger partial charge in [0.2, 0.25) is 0 Å². The predicted octanol–water partition coefficient (Wildman–Crippen LogP) is 1.69. The smallest absolute Gasteiger partial charge is 0.0489 e. The summed E-state index contributed by atoms with van der Waals surface area (Å²) in [4.78, 5) is 4.19. The van der Waals surface area contributed by atoms with E-state index in [-0.39, 0.29) is 0 Å². The highest BCUT2D eigenvalue weighted by Crippen LogP contribution is 2.37. The van der Waals surface area contributed by atoms with Crippen molar-refractivity contribution in [1.29, 1.82) is 0 Å². The van der Waals surface area contributed by atoms with Gasteiger partial charge < -0.3 is 0 Å². The van der Waals surface area contributed by atoms with Gasteiger partial charge in [-0.1, -0.05) is 6.42 Å². The highest BCUT2D eigenvalue weighted by atomic mass is 15.2. The molecule has 1 atom stereocenters. The molecule has 3 nitrogen and oxygen atoms in total. The largest absolute Gasteiger partial charge is 0.271 e. The number of nitrogens with zero attached hydrogens (tertiary/aromatic N) is 1. The molecular weight excluding hydrogens is 174 g/mol. The Hall–Kier alpha value is -0.930. The van der Waals surface area contributed by atoms with Crippen LogP contribution in [0.2, 0.25) is 0 Å². The van der Waals surface area contributed by atoms with Gasteiger partial charge in [0.05, 0.1) is 0 Å². The maximum Gasteiger partial charge on any atom is 0.0489 e. The van der Waals surface area contributed by atoms with Crippen molar-refractivity contribution < 1.29 is 0 Å². The molecule has 0 spiro atoms. The lowest BCUT2D eigenvalue weighted by Crippen LogP contribution is -2.36. The standard InChI is InChI=1S/C11H17N3/c1-8-7-10(5-6-13-8)11(14-12)9-3-2-4-9/h5-7,9,11,14H,2-4,12H2,1H3. The molecule has 0 amide bonds. The highest BCUT2D eigenvalue weighted by Gasteiger charge is 2.27. The zero-order chi connectivity index (χ0) is 9.97. The van der Waals surface area contributed by atoms with Gasteiger partial charge in [0.25, 0.3) is 0 Å². The Balaban J connectivity index is 2.17. The Morgan fingerprint density at radius 2 is 2.36 bits per heavy atom. The summed E-state index contributed by atoms with van der Waals surface area (Å²) in [7, 11) is 0. The summed E-state index contributed by atoms with van der Waals surface area (Å²) in [6, 6.07) is 4.48. The van der Waals surface area contributed by atoms with Gasteiger partial charge in [-0.15, -0.1) is 0 Å². The van der Waals surface area contributed by atoms with E-state index in [1.165, 1.54) is 24.8 Å². The molecule has 0 radical (unpaired) electrons. The molecule has 1 fully saturated rings. The van der Waals surface area contributed by atoms with Crippen LogP contribution in [0.3, 0.4) is 0 Å². The lowest BCUT2D eigenvalue weighted by Gasteiger charge is -2.33. The van der Waals surface area contributed by atoms with Crippen LogP contribution in [0.1, 0.15) is 36.6 Å². The minimum atomic E-state index is 0.311. The first kappa shape index (κ1) is 9.62. The van der Waals surface area contributed by atoms with Crippen molar-refractivity contribution in [2.75, 3.05) is 0 Å². The van der Waals surface area contributed by atoms with E-state index in [0.717, 1.165) is 5.69 Å². The summed E-state index contributed by atoms with van der Waals surface area (Å²) in [6.45, 7) is 2.01. The van der Waals surface area contributed by atoms with Crippen molar-refractivity contribution in [2.24, 2.45) is 11.8 Å². The highest BCUT2D eigenvalue weighted by molar-refractivity contribution is 5.20. The van der Waals surface area contributed by atoms with Crippen LogP contribution in [0.5, 0.6) is 0 Å². The Morgan fingerprint density at radius 1 is 1.57 bits per heavy atom. The molecule has 1 saturated carbocycles. The zero-order valence-electron chi connectivity index (χ0n) is 8.53. The van der Waals surface area contributed by atoms with E-state index in [1.807, 2.05) is 13.1 Å². The third-order valence-corrected chi connectivity index (χ3v) is 3.08. The number of aryl methyl sites for hydroxylation is 1. The maximum atomic E-state index is 5.59. The molecule has 0 aromatic carbocycles. The van der Waals surface area contributed by atoms with Crippen molar-refractivity contribution in [2.45, 2.75) is 32.2 Å². The topological polar surface area (TPSA) is 50.9 Å². The molecule has 0 bridgehead atoms. The van der Waals surface area contributed by atoms with E-state index in [9.17, 15) is 0 Å². The number of nitrogens with one attached hydrogen (secondary N) is 1. The van der Waals surface area contributed by atoms with Crippen LogP contribution in [0.15, 0.2) is 18.3 Å². The van der Waals surface area contributed by atoms with Crippen molar-refractivity contribution >= 4 is 0 Å². The van der Waals surface area contributed by atoms with Gasteiger partial charge >= 0.3 is 0 Å². The summed E-state index contributed by atoms with van der Waals surface area (Å²) in [5.74, 6) is 6.30. The first-order chi connectivity index (χ1) is 6.81. The third-order valence-electron chi connectivity index (χ3n) is 3.08. The first-order valence-corrected chi connectivity index (χ1v) is 5.20. The predicted molar refractivity (Wildman–Crippen MR) is 56.4 cm³/mol. The van der Waals surface area contributed by atoms with Gasteiger partial charge in [0, 0.05) is 17.9 Å². The zero-order valence-corrected chi connectivity index (χ0v) is 8.53. The SMILES string of the molecule is Cc1cc(C(NN)C2CCC2)ccn1. The number of nitrogens with two attached hydrogens (primary N) is 1. The second kappa shape index (κ2) is 4.07. The molecule has 1 unspecified atom stereocenters. The Kier molecular flexibility index (Phi) is 2.79. The van der Waals surface area contributed by atoms with E-state index < -0.39 is 0 Å². The summed E-state index contributed by atoms with van der Waals surface area (Å²) < 4.78 is 0. The molecule has 1 aromatic heterocycles. The molecule has 1 aromatic rings. The van der Waals surface area contributed by atoms with Gasteiger partial charge in [0.15, 0.2) is 0 Å². The fourth-order valence-electron chi connectivity index (χ4n) is 2.04. The monoisotopic (exact) mass is 191 g/mol. The Labute approximate surface area is 84.7 Å². The fourth-order valence-corrected chi connectivity index (χ4v) is 2.04. The second-order valence-electron chi connectivity index (χ2n) is 4.07. The van der Waals surface area contributed by atoms with Crippen LogP contribution in [0.4, 0.5) is 0 Å². The second-order valence-corrected chi connectivity index (χ2v) is 4.07. The maximum absolute atomic E-state index is 5.59. The van der Waals surface area contributed by atoms with E-state index in [4.69, 9.17) is 5.84 Å². The molecule has 14 heavy (non-hydrogen) atoms. The number of pyridine rings is 1. The number of hydrazine groups is 1. The summed E-state index contributed by atoms with van der Waals surface area (Å²) in [5, 5.41) is 0. The van der Waals surface area contributed by atoms with Crippen LogP contribution >= 0.6 is 0 Å². The number of rotatable bonds is 3. The normalized spacial score (nSPS) is 19.0. The number of hydrogen-bond acceptors (Lipinski definition) is 3. The third kappa shape index (κ3) is 1.79. The molecular formula is C11H17N3. The van der Waals surface area contributed by atoms with Crippen molar-refractivity contribution in [3.63, 3.8) is 0 Å². The van der Waals surface area contributed by atoms with Crippen LogP contribution in [0.25, 0.3) is 0 Å². The molecule has 3 N–H and O–H groups in total. The molecule has 2 rings (SSSR count). The van der Waals surface area contributed by atoms with Crippen molar-refractivity contribution in [1.82, 2.24) is 10.4 Å². The molecule has 0 aliphatic heterocycles. The molecule has 76 valence electrons. The average Bonchev–Trinajstić information content (AvgIpc) is 2.10. The molecule has 1 heterocycles. The number of aromatic nitrogens is 1. The summed E-state index contributed by atoms with van der Waals surface area (Å²) in [5.41, 5.74) is 5.25. The fraction of sp³-hybridized carbons (Fsp3) is 0.545. The van der Waals surface area contributed by atoms with Crippen LogP contribution in [-0.2, 0) is 0 Å². The Bertz CT molecular complexity index is 307. The van der Waals surface area contributed by atoms with E-state index in [0.29, 0.717) is 12.0 Å². The lowest BCUT2D eigenvalue weighted by molar-refractivity contribution is 0.232. The van der Waals surface area contributed by atoms with Crippen molar-refractivity contribution in [3.05, 3.63) is 29.6 Å². The van der Waals surface area contributed by atoms with Crippen molar-refractivity contribution in [3.8, 4) is 0 Å². The molecule has 0 saturated heterocycles. The molecule has 1 aliphatic carbocycles. The van der Waals surface area contributed by atoms with Gasteiger partial charge in [0.1, 0.15) is 0 Å². The Morgan fingerprint density at radius 3 is 2.86 bits per heavy atom. The minimum absolute atomic E-state index is 0.311. The lowest BCUT2D eigenvalue weighted by atomic mass is 9.77. The summed E-state index contributed by atoms with van der Waals surface area (Å²) >= 11 is 0. The summed E-state index contributed by atoms with van der Waals surface area (Å²) in [6.07, 6.45) is 5.77. The van der Waals surface area contributed by atoms with Crippen LogP contribution in [-0.4, -0.2) is 4.98 Å². The van der Waals surface area contributed by atoms with Gasteiger partial charge in [-0.3, -0.25) is 16.3 Å². The van der Waals surface area contributed by atoms with Crippen LogP contribution in [0, 0.1) is 12.8 Å².